The maximum Gasteiger partial charge on any atom is 0.312 e. The Labute approximate surface area is 149 Å². The molecule has 1 aliphatic heterocycles. The van der Waals surface area contributed by atoms with E-state index in [2.05, 4.69) is 5.16 Å². The summed E-state index contributed by atoms with van der Waals surface area (Å²) in [4.78, 5) is 10.5. The van der Waals surface area contributed by atoms with Crippen molar-refractivity contribution in [3.05, 3.63) is 45.8 Å². The van der Waals surface area contributed by atoms with Gasteiger partial charge in [-0.1, -0.05) is 5.16 Å². The Kier molecular flexibility index (Phi) is 5.20. The Morgan fingerprint density at radius 3 is 2.65 bits per heavy atom. The van der Waals surface area contributed by atoms with Crippen molar-refractivity contribution in [2.24, 2.45) is 0 Å². The summed E-state index contributed by atoms with van der Waals surface area (Å²) in [5, 5.41) is 15.1. The number of morpholine rings is 1. The van der Waals surface area contributed by atoms with E-state index in [0.29, 0.717) is 24.7 Å². The highest BCUT2D eigenvalue weighted by atomic mass is 32.2. The number of rotatable bonds is 6. The van der Waals surface area contributed by atoms with E-state index in [4.69, 9.17) is 14.0 Å². The Hall–Kier alpha value is -2.50. The molecule has 3 rings (SSSR count). The van der Waals surface area contributed by atoms with E-state index in [1.54, 1.807) is 13.0 Å². The molecule has 11 heteroatoms. The molecule has 0 bridgehead atoms. The number of benzene rings is 1. The summed E-state index contributed by atoms with van der Waals surface area (Å²) in [6.45, 7) is 2.68. The molecule has 1 fully saturated rings. The minimum Gasteiger partial charge on any atom is -0.480 e. The molecule has 26 heavy (non-hydrogen) atoms. The number of ether oxygens (including phenoxy) is 2. The molecule has 0 radical (unpaired) electrons. The predicted molar refractivity (Wildman–Crippen MR) is 88.2 cm³/mol. The van der Waals surface area contributed by atoms with E-state index >= 15 is 0 Å². The smallest absolute Gasteiger partial charge is 0.312 e. The molecule has 0 saturated carbocycles. The maximum atomic E-state index is 12.6. The molecule has 0 amide bonds. The van der Waals surface area contributed by atoms with Crippen LogP contribution in [0.3, 0.4) is 0 Å². The van der Waals surface area contributed by atoms with E-state index in [9.17, 15) is 18.5 Å². The minimum absolute atomic E-state index is 0.0340. The normalized spacial score (nSPS) is 15.7. The first-order valence-electron chi connectivity index (χ1n) is 7.79. The van der Waals surface area contributed by atoms with E-state index in [0.717, 1.165) is 6.07 Å². The number of hydrogen-bond acceptors (Lipinski definition) is 8. The van der Waals surface area contributed by atoms with Crippen LogP contribution in [0.1, 0.15) is 11.5 Å². The lowest BCUT2D eigenvalue weighted by molar-refractivity contribution is -0.386. The number of aromatic nitrogens is 1. The molecule has 2 heterocycles. The summed E-state index contributed by atoms with van der Waals surface area (Å²) in [6, 6.07) is 5.22. The minimum atomic E-state index is -3.83. The Morgan fingerprint density at radius 2 is 2.04 bits per heavy atom. The molecular weight excluding hydrogens is 366 g/mol. The average Bonchev–Trinajstić information content (AvgIpc) is 3.05. The van der Waals surface area contributed by atoms with Gasteiger partial charge < -0.3 is 14.0 Å². The van der Waals surface area contributed by atoms with Crippen LogP contribution in [0.2, 0.25) is 0 Å². The quantitative estimate of drug-likeness (QED) is 0.543. The van der Waals surface area contributed by atoms with Gasteiger partial charge in [0.15, 0.2) is 5.75 Å². The molecule has 2 aromatic rings. The SMILES string of the molecule is Cc1cc(COc2ccc(S(=O)(=O)N3CCOCC3)cc2[N+](=O)[O-])no1. The molecule has 1 aromatic carbocycles. The fourth-order valence-corrected chi connectivity index (χ4v) is 3.92. The number of nitrogens with zero attached hydrogens (tertiary/aromatic N) is 3. The van der Waals surface area contributed by atoms with Crippen LogP contribution in [-0.2, 0) is 21.4 Å². The van der Waals surface area contributed by atoms with Crippen molar-refractivity contribution < 1.29 is 27.3 Å². The van der Waals surface area contributed by atoms with Crippen LogP contribution in [0.15, 0.2) is 33.7 Å². The lowest BCUT2D eigenvalue weighted by atomic mass is 10.3. The average molecular weight is 383 g/mol. The Bertz CT molecular complexity index is 904. The second kappa shape index (κ2) is 7.40. The zero-order chi connectivity index (χ0) is 18.7. The summed E-state index contributed by atoms with van der Waals surface area (Å²) in [5.41, 5.74) is 0.0429. The van der Waals surface area contributed by atoms with Gasteiger partial charge in [0.1, 0.15) is 18.1 Å². The van der Waals surface area contributed by atoms with Crippen molar-refractivity contribution in [3.63, 3.8) is 0 Å². The Morgan fingerprint density at radius 1 is 1.31 bits per heavy atom. The summed E-state index contributed by atoms with van der Waals surface area (Å²) in [5.74, 6) is 0.543. The highest BCUT2D eigenvalue weighted by Crippen LogP contribution is 2.31. The molecule has 0 unspecified atom stereocenters. The molecule has 0 N–H and O–H groups in total. The zero-order valence-electron chi connectivity index (χ0n) is 14.0. The van der Waals surface area contributed by atoms with Crippen LogP contribution in [-0.4, -0.2) is 49.1 Å². The number of sulfonamides is 1. The van der Waals surface area contributed by atoms with Gasteiger partial charge in [0, 0.05) is 25.2 Å². The lowest BCUT2D eigenvalue weighted by Crippen LogP contribution is -2.40. The van der Waals surface area contributed by atoms with Crippen LogP contribution in [0.25, 0.3) is 0 Å². The fourth-order valence-electron chi connectivity index (χ4n) is 2.50. The predicted octanol–water partition coefficient (Wildman–Crippen LogP) is 1.49. The zero-order valence-corrected chi connectivity index (χ0v) is 14.8. The molecule has 1 aromatic heterocycles. The topological polar surface area (TPSA) is 125 Å². The largest absolute Gasteiger partial charge is 0.480 e. The van der Waals surface area contributed by atoms with Gasteiger partial charge in [-0.15, -0.1) is 0 Å². The maximum absolute atomic E-state index is 12.6. The van der Waals surface area contributed by atoms with Crippen molar-refractivity contribution in [1.29, 1.82) is 0 Å². The molecule has 0 spiro atoms. The van der Waals surface area contributed by atoms with Gasteiger partial charge in [-0.2, -0.15) is 4.31 Å². The first-order valence-corrected chi connectivity index (χ1v) is 9.23. The summed E-state index contributed by atoms with van der Waals surface area (Å²) in [6.07, 6.45) is 0. The molecule has 10 nitrogen and oxygen atoms in total. The summed E-state index contributed by atoms with van der Waals surface area (Å²) < 4.78 is 42.0. The summed E-state index contributed by atoms with van der Waals surface area (Å²) >= 11 is 0. The number of nitro benzene ring substituents is 1. The highest BCUT2D eigenvalue weighted by Gasteiger charge is 2.29. The van der Waals surface area contributed by atoms with Crippen molar-refractivity contribution >= 4 is 15.7 Å². The Balaban J connectivity index is 1.85. The third-order valence-corrected chi connectivity index (χ3v) is 5.68. The van der Waals surface area contributed by atoms with Gasteiger partial charge in [0.05, 0.1) is 23.0 Å². The first kappa shape index (κ1) is 18.3. The number of aryl methyl sites for hydroxylation is 1. The number of hydrogen-bond donors (Lipinski definition) is 0. The van der Waals surface area contributed by atoms with Gasteiger partial charge in [-0.05, 0) is 19.1 Å². The third kappa shape index (κ3) is 3.84. The second-order valence-electron chi connectivity index (χ2n) is 5.62. The van der Waals surface area contributed by atoms with E-state index < -0.39 is 20.6 Å². The monoisotopic (exact) mass is 383 g/mol. The van der Waals surface area contributed by atoms with Gasteiger partial charge in [0.2, 0.25) is 10.0 Å². The molecular formula is C15H17N3O7S. The van der Waals surface area contributed by atoms with E-state index in [1.807, 2.05) is 0 Å². The molecule has 0 atom stereocenters. The lowest BCUT2D eigenvalue weighted by Gasteiger charge is -2.26. The van der Waals surface area contributed by atoms with E-state index in [1.165, 1.54) is 16.4 Å². The van der Waals surface area contributed by atoms with Gasteiger partial charge in [0.25, 0.3) is 0 Å². The standard InChI is InChI=1S/C15H17N3O7S/c1-11-8-12(16-25-11)10-24-15-3-2-13(9-14(15)18(19)20)26(21,22)17-4-6-23-7-5-17/h2-3,8-9H,4-7,10H2,1H3. The molecule has 0 aliphatic carbocycles. The van der Waals surface area contributed by atoms with Gasteiger partial charge in [-0.3, -0.25) is 10.1 Å². The highest BCUT2D eigenvalue weighted by molar-refractivity contribution is 7.89. The number of nitro groups is 1. The van der Waals surface area contributed by atoms with Crippen LogP contribution in [0, 0.1) is 17.0 Å². The third-order valence-electron chi connectivity index (χ3n) is 3.79. The first-order chi connectivity index (χ1) is 12.4. The van der Waals surface area contributed by atoms with Crippen molar-refractivity contribution in [3.8, 4) is 5.75 Å². The molecule has 1 saturated heterocycles. The van der Waals surface area contributed by atoms with Crippen molar-refractivity contribution in [2.75, 3.05) is 26.3 Å². The van der Waals surface area contributed by atoms with Gasteiger partial charge in [-0.25, -0.2) is 8.42 Å². The van der Waals surface area contributed by atoms with Crippen molar-refractivity contribution in [2.45, 2.75) is 18.4 Å². The second-order valence-corrected chi connectivity index (χ2v) is 7.56. The van der Waals surface area contributed by atoms with E-state index in [-0.39, 0.29) is 30.3 Å². The van der Waals surface area contributed by atoms with Crippen LogP contribution in [0.5, 0.6) is 5.75 Å². The van der Waals surface area contributed by atoms with Crippen molar-refractivity contribution in [1.82, 2.24) is 9.46 Å². The summed E-state index contributed by atoms with van der Waals surface area (Å²) in [7, 11) is -3.83. The molecule has 1 aliphatic rings. The fraction of sp³-hybridized carbons (Fsp3) is 0.400. The van der Waals surface area contributed by atoms with Gasteiger partial charge >= 0.3 is 5.69 Å². The van der Waals surface area contributed by atoms with Crippen LogP contribution >= 0.6 is 0 Å². The molecule has 140 valence electrons. The van der Waals surface area contributed by atoms with Crippen LogP contribution in [0.4, 0.5) is 5.69 Å². The van der Waals surface area contributed by atoms with Crippen LogP contribution < -0.4 is 4.74 Å².